The zero-order valence-electron chi connectivity index (χ0n) is 16.1. The van der Waals surface area contributed by atoms with Gasteiger partial charge in [-0.1, -0.05) is 5.23 Å². The predicted molar refractivity (Wildman–Crippen MR) is 100 cm³/mol. The van der Waals surface area contributed by atoms with Gasteiger partial charge in [0, 0.05) is 19.7 Å². The Morgan fingerprint density at radius 1 is 1.14 bits per heavy atom. The molecule has 0 aliphatic carbocycles. The molecule has 2 fully saturated rings. The van der Waals surface area contributed by atoms with E-state index in [0.29, 0.717) is 18.6 Å². The smallest absolute Gasteiger partial charge is 0.279 e. The number of carbonyl (C=O) groups excluding carboxylic acids is 1. The lowest BCUT2D eigenvalue weighted by molar-refractivity contribution is -0.289. The van der Waals surface area contributed by atoms with Gasteiger partial charge in [0.1, 0.15) is 17.6 Å². The molecule has 1 aromatic carbocycles. The minimum atomic E-state index is -3.81. The van der Waals surface area contributed by atoms with Gasteiger partial charge in [-0.25, -0.2) is 12.7 Å². The Morgan fingerprint density at radius 2 is 1.76 bits per heavy atom. The number of nitrogens with zero attached hydrogens (tertiary/aromatic N) is 2. The monoisotopic (exact) mass is 430 g/mol. The van der Waals surface area contributed by atoms with Crippen LogP contribution < -0.4 is 9.47 Å². The van der Waals surface area contributed by atoms with Crippen LogP contribution in [0.15, 0.2) is 24.3 Å². The molecule has 2 heterocycles. The summed E-state index contributed by atoms with van der Waals surface area (Å²) in [4.78, 5) is 12.0. The highest BCUT2D eigenvalue weighted by molar-refractivity contribution is 7.89. The lowest BCUT2D eigenvalue weighted by Crippen LogP contribution is -2.53. The van der Waals surface area contributed by atoms with Crippen molar-refractivity contribution in [2.75, 3.05) is 33.4 Å². The van der Waals surface area contributed by atoms with Crippen LogP contribution in [0.5, 0.6) is 11.5 Å². The molecule has 2 unspecified atom stereocenters. The molecule has 3 rings (SSSR count). The van der Waals surface area contributed by atoms with Crippen molar-refractivity contribution in [1.29, 1.82) is 0 Å². The number of piperidine rings is 1. The Morgan fingerprint density at radius 3 is 2.34 bits per heavy atom. The fraction of sp³-hybridized carbons (Fsp3) is 0.611. The van der Waals surface area contributed by atoms with Gasteiger partial charge < -0.3 is 14.2 Å². The lowest BCUT2D eigenvalue weighted by Gasteiger charge is -2.37. The van der Waals surface area contributed by atoms with Gasteiger partial charge in [0.05, 0.1) is 24.9 Å². The fourth-order valence-electron chi connectivity index (χ4n) is 3.70. The van der Waals surface area contributed by atoms with Crippen LogP contribution in [0.1, 0.15) is 19.3 Å². The molecule has 2 aliphatic rings. The lowest BCUT2D eigenvalue weighted by atomic mass is 10.0. The third kappa shape index (κ3) is 4.98. The molecule has 1 aromatic rings. The first kappa shape index (κ1) is 21.8. The average molecular weight is 430 g/mol. The number of hydrogen-bond acceptors (Lipinski definition) is 8. The second-order valence-corrected chi connectivity index (χ2v) is 9.22. The number of rotatable bonds is 6. The SMILES string of the molecule is COc1ccc(OC2CCN(S(=O)(=O)C3CCOCC3C(=O)N(O)O)CC2)cc1. The molecule has 2 aliphatic heterocycles. The Labute approximate surface area is 169 Å². The van der Waals surface area contributed by atoms with Crippen molar-refractivity contribution in [2.45, 2.75) is 30.6 Å². The second kappa shape index (κ2) is 9.26. The van der Waals surface area contributed by atoms with Crippen LogP contribution in [0.3, 0.4) is 0 Å². The van der Waals surface area contributed by atoms with Crippen molar-refractivity contribution in [3.63, 3.8) is 0 Å². The number of sulfonamides is 1. The number of hydrogen-bond donors (Lipinski definition) is 2. The summed E-state index contributed by atoms with van der Waals surface area (Å²) >= 11 is 0. The maximum absolute atomic E-state index is 13.1. The van der Waals surface area contributed by atoms with E-state index in [0.717, 1.165) is 5.75 Å². The van der Waals surface area contributed by atoms with E-state index in [-0.39, 0.29) is 38.8 Å². The largest absolute Gasteiger partial charge is 0.497 e. The highest BCUT2D eigenvalue weighted by atomic mass is 32.2. The van der Waals surface area contributed by atoms with E-state index in [2.05, 4.69) is 0 Å². The van der Waals surface area contributed by atoms with Gasteiger partial charge in [0.2, 0.25) is 10.0 Å². The molecule has 2 N–H and O–H groups in total. The average Bonchev–Trinajstić information content (AvgIpc) is 2.74. The van der Waals surface area contributed by atoms with Crippen molar-refractivity contribution in [1.82, 2.24) is 9.53 Å². The second-order valence-electron chi connectivity index (χ2n) is 7.07. The number of ether oxygens (including phenoxy) is 3. The Hall–Kier alpha value is -1.92. The van der Waals surface area contributed by atoms with Crippen molar-refractivity contribution in [3.8, 4) is 11.5 Å². The molecular formula is C18H26N2O8S. The van der Waals surface area contributed by atoms with Crippen LogP contribution in [-0.4, -0.2) is 79.0 Å². The quantitative estimate of drug-likeness (QED) is 0.503. The van der Waals surface area contributed by atoms with Gasteiger partial charge in [0.15, 0.2) is 0 Å². The van der Waals surface area contributed by atoms with Crippen molar-refractivity contribution >= 4 is 15.9 Å². The van der Waals surface area contributed by atoms with Crippen molar-refractivity contribution in [3.05, 3.63) is 24.3 Å². The highest BCUT2D eigenvalue weighted by Crippen LogP contribution is 2.29. The van der Waals surface area contributed by atoms with E-state index in [4.69, 9.17) is 24.6 Å². The van der Waals surface area contributed by atoms with Gasteiger partial charge in [-0.05, 0) is 43.5 Å². The van der Waals surface area contributed by atoms with E-state index in [1.54, 1.807) is 31.4 Å². The molecular weight excluding hydrogens is 404 g/mol. The summed E-state index contributed by atoms with van der Waals surface area (Å²) in [6.45, 7) is 0.561. The zero-order chi connectivity index (χ0) is 21.0. The van der Waals surface area contributed by atoms with E-state index >= 15 is 0 Å². The Balaban J connectivity index is 1.61. The van der Waals surface area contributed by atoms with E-state index in [1.165, 1.54) is 4.31 Å². The van der Waals surface area contributed by atoms with Gasteiger partial charge in [0.25, 0.3) is 5.91 Å². The molecule has 10 nitrogen and oxygen atoms in total. The van der Waals surface area contributed by atoms with Crippen LogP contribution in [0.2, 0.25) is 0 Å². The Bertz CT molecular complexity index is 791. The van der Waals surface area contributed by atoms with E-state index in [9.17, 15) is 13.2 Å². The van der Waals surface area contributed by atoms with Gasteiger partial charge in [-0.2, -0.15) is 0 Å². The minimum absolute atomic E-state index is 0.118. The third-order valence-electron chi connectivity index (χ3n) is 5.31. The molecule has 0 spiro atoms. The molecule has 2 saturated heterocycles. The first-order valence-electron chi connectivity index (χ1n) is 9.42. The molecule has 0 bridgehead atoms. The molecule has 0 radical (unpaired) electrons. The molecule has 0 saturated carbocycles. The van der Waals surface area contributed by atoms with Crippen LogP contribution in [0.25, 0.3) is 0 Å². The molecule has 11 heteroatoms. The number of benzene rings is 1. The molecule has 0 aromatic heterocycles. The highest BCUT2D eigenvalue weighted by Gasteiger charge is 2.45. The summed E-state index contributed by atoms with van der Waals surface area (Å²) in [6.07, 6.45) is 1.03. The third-order valence-corrected chi connectivity index (χ3v) is 7.73. The summed E-state index contributed by atoms with van der Waals surface area (Å²) in [5.74, 6) is -0.829. The van der Waals surface area contributed by atoms with E-state index in [1.807, 2.05) is 0 Å². The number of carbonyl (C=O) groups is 1. The predicted octanol–water partition coefficient (Wildman–Crippen LogP) is 0.880. The van der Waals surface area contributed by atoms with Crippen LogP contribution in [0.4, 0.5) is 0 Å². The summed E-state index contributed by atoms with van der Waals surface area (Å²) in [5, 5.41) is 16.4. The first-order valence-corrected chi connectivity index (χ1v) is 10.9. The normalized spacial score (nSPS) is 24.1. The van der Waals surface area contributed by atoms with Gasteiger partial charge in [-0.3, -0.25) is 15.2 Å². The standard InChI is InChI=1S/C18H26N2O8S/c1-26-13-2-4-14(5-3-13)28-15-6-9-19(10-7-15)29(24,25)17-8-11-27-12-16(17)18(21)20(22)23/h2-5,15-17,22-23H,6-12H2,1H3. The van der Waals surface area contributed by atoms with Crippen LogP contribution >= 0.6 is 0 Å². The van der Waals surface area contributed by atoms with E-state index < -0.39 is 32.3 Å². The van der Waals surface area contributed by atoms with Crippen LogP contribution in [0, 0.1) is 5.92 Å². The number of hydroxylamine groups is 2. The minimum Gasteiger partial charge on any atom is -0.497 e. The summed E-state index contributed by atoms with van der Waals surface area (Å²) in [7, 11) is -2.22. The number of methoxy groups -OCH3 is 1. The number of amides is 1. The van der Waals surface area contributed by atoms with Crippen LogP contribution in [-0.2, 0) is 19.6 Å². The topological polar surface area (TPSA) is 126 Å². The first-order chi connectivity index (χ1) is 13.8. The Kier molecular flexibility index (Phi) is 6.96. The maximum atomic E-state index is 13.1. The molecule has 29 heavy (non-hydrogen) atoms. The van der Waals surface area contributed by atoms with Gasteiger partial charge >= 0.3 is 0 Å². The maximum Gasteiger partial charge on any atom is 0.279 e. The molecule has 2 atom stereocenters. The summed E-state index contributed by atoms with van der Waals surface area (Å²) in [5.41, 5.74) is 0. The van der Waals surface area contributed by atoms with Crippen molar-refractivity contribution in [2.24, 2.45) is 5.92 Å². The van der Waals surface area contributed by atoms with Crippen molar-refractivity contribution < 1.29 is 37.8 Å². The molecule has 1 amide bonds. The zero-order valence-corrected chi connectivity index (χ0v) is 17.0. The molecule has 162 valence electrons. The summed E-state index contributed by atoms with van der Waals surface area (Å²) in [6, 6.07) is 7.19. The van der Waals surface area contributed by atoms with Gasteiger partial charge in [-0.15, -0.1) is 0 Å². The fourth-order valence-corrected chi connectivity index (χ4v) is 5.80. The summed E-state index contributed by atoms with van der Waals surface area (Å²) < 4.78 is 43.8.